The van der Waals surface area contributed by atoms with Gasteiger partial charge in [-0.05, 0) is 17.7 Å². The molecule has 0 atom stereocenters. The molecular weight excluding hydrogens is 212 g/mol. The van der Waals surface area contributed by atoms with Crippen LogP contribution in [-0.2, 0) is 11.2 Å². The Balaban J connectivity index is 0.00000169. The Morgan fingerprint density at radius 2 is 1.71 bits per heavy atom. The molecule has 0 saturated carbocycles. The summed E-state index contributed by atoms with van der Waals surface area (Å²) in [5, 5.41) is 0. The van der Waals surface area contributed by atoms with Crippen molar-refractivity contribution in [1.29, 1.82) is 0 Å². The first-order valence-electron chi connectivity index (χ1n) is 3.78. The van der Waals surface area contributed by atoms with Gasteiger partial charge in [0.15, 0.2) is 5.78 Å². The fourth-order valence-corrected chi connectivity index (χ4v) is 1.01. The van der Waals surface area contributed by atoms with Crippen LogP contribution in [0.4, 0.5) is 8.78 Å². The highest BCUT2D eigenvalue weighted by Crippen LogP contribution is 2.08. The van der Waals surface area contributed by atoms with Gasteiger partial charge in [0.25, 0.3) is 0 Å². The van der Waals surface area contributed by atoms with E-state index in [0.29, 0.717) is 5.56 Å². The summed E-state index contributed by atoms with van der Waals surface area (Å²) < 4.78 is 25.2. The van der Waals surface area contributed by atoms with Crippen LogP contribution in [0.5, 0.6) is 0 Å². The van der Waals surface area contributed by atoms with E-state index in [4.69, 9.17) is 5.73 Å². The quantitative estimate of drug-likeness (QED) is 0.840. The lowest BCUT2D eigenvalue weighted by molar-refractivity contribution is -0.117. The number of nitrogens with two attached hydrogens (primary N) is 1. The topological polar surface area (TPSA) is 43.1 Å². The first-order chi connectivity index (χ1) is 6.11. The Kier molecular flexibility index (Phi) is 5.27. The third kappa shape index (κ3) is 3.81. The molecule has 5 heteroatoms. The van der Waals surface area contributed by atoms with Gasteiger partial charge in [-0.2, -0.15) is 0 Å². The monoisotopic (exact) mass is 221 g/mol. The van der Waals surface area contributed by atoms with E-state index in [1.54, 1.807) is 0 Å². The lowest BCUT2D eigenvalue weighted by Gasteiger charge is -1.99. The Hall–Kier alpha value is -1.00. The molecule has 0 saturated heterocycles. The molecule has 78 valence electrons. The van der Waals surface area contributed by atoms with Crippen molar-refractivity contribution in [2.24, 2.45) is 5.73 Å². The minimum absolute atomic E-state index is 0. The molecule has 0 aliphatic carbocycles. The van der Waals surface area contributed by atoms with Gasteiger partial charge >= 0.3 is 0 Å². The maximum absolute atomic E-state index is 12.6. The van der Waals surface area contributed by atoms with E-state index >= 15 is 0 Å². The number of hydrogen-bond donors (Lipinski definition) is 1. The van der Waals surface area contributed by atoms with E-state index in [-0.39, 0.29) is 31.2 Å². The molecule has 0 fully saturated rings. The first-order valence-corrected chi connectivity index (χ1v) is 3.78. The number of ketones is 1. The van der Waals surface area contributed by atoms with E-state index in [1.807, 2.05) is 0 Å². The van der Waals surface area contributed by atoms with Gasteiger partial charge in [-0.25, -0.2) is 8.78 Å². The van der Waals surface area contributed by atoms with Gasteiger partial charge in [-0.3, -0.25) is 4.79 Å². The number of carbonyl (C=O) groups is 1. The van der Waals surface area contributed by atoms with Gasteiger partial charge < -0.3 is 5.73 Å². The van der Waals surface area contributed by atoms with Crippen LogP contribution in [0.2, 0.25) is 0 Å². The van der Waals surface area contributed by atoms with Crippen molar-refractivity contribution >= 4 is 18.2 Å². The molecule has 2 N–H and O–H groups in total. The van der Waals surface area contributed by atoms with Crippen molar-refractivity contribution in [1.82, 2.24) is 0 Å². The third-order valence-electron chi connectivity index (χ3n) is 1.55. The normalized spacial score (nSPS) is 9.36. The molecule has 0 aromatic heterocycles. The van der Waals surface area contributed by atoms with Crippen LogP contribution in [0.3, 0.4) is 0 Å². The van der Waals surface area contributed by atoms with Crippen LogP contribution in [0.15, 0.2) is 18.2 Å². The number of halogens is 3. The van der Waals surface area contributed by atoms with E-state index < -0.39 is 11.6 Å². The molecular formula is C9H10ClF2NO. The Labute approximate surface area is 86.5 Å². The van der Waals surface area contributed by atoms with Crippen LogP contribution >= 0.6 is 12.4 Å². The number of benzene rings is 1. The van der Waals surface area contributed by atoms with Gasteiger partial charge in [-0.15, -0.1) is 12.4 Å². The smallest absolute Gasteiger partial charge is 0.150 e. The maximum atomic E-state index is 12.6. The lowest BCUT2D eigenvalue weighted by Crippen LogP contribution is -2.15. The zero-order valence-electron chi connectivity index (χ0n) is 7.30. The summed E-state index contributed by atoms with van der Waals surface area (Å²) in [4.78, 5) is 10.8. The minimum atomic E-state index is -0.681. The van der Waals surface area contributed by atoms with Crippen molar-refractivity contribution in [2.75, 3.05) is 6.54 Å². The highest BCUT2D eigenvalue weighted by atomic mass is 35.5. The molecule has 0 spiro atoms. The predicted molar refractivity (Wildman–Crippen MR) is 51.4 cm³/mol. The predicted octanol–water partition coefficient (Wildman–Crippen LogP) is 1.46. The second-order valence-electron chi connectivity index (χ2n) is 2.70. The zero-order valence-corrected chi connectivity index (χ0v) is 8.11. The van der Waals surface area contributed by atoms with Gasteiger partial charge in [0.1, 0.15) is 11.6 Å². The van der Waals surface area contributed by atoms with Crippen molar-refractivity contribution in [2.45, 2.75) is 6.42 Å². The SMILES string of the molecule is Cl.NCC(=O)Cc1cc(F)cc(F)c1. The molecule has 1 aromatic carbocycles. The Morgan fingerprint density at radius 3 is 2.14 bits per heavy atom. The summed E-state index contributed by atoms with van der Waals surface area (Å²) in [5.74, 6) is -1.61. The number of rotatable bonds is 3. The standard InChI is InChI=1S/C9H9F2NO.ClH/c10-7-1-6(2-8(11)4-7)3-9(13)5-12;/h1-2,4H,3,5,12H2;1H. The summed E-state index contributed by atoms with van der Waals surface area (Å²) in [6, 6.07) is 3.00. The molecule has 0 aliphatic rings. The van der Waals surface area contributed by atoms with Crippen LogP contribution in [0.25, 0.3) is 0 Å². The fourth-order valence-electron chi connectivity index (χ4n) is 1.01. The Bertz CT molecular complexity index is 310. The second kappa shape index (κ2) is 5.67. The first kappa shape index (κ1) is 13.0. The van der Waals surface area contributed by atoms with Crippen LogP contribution in [-0.4, -0.2) is 12.3 Å². The highest BCUT2D eigenvalue weighted by molar-refractivity contribution is 5.85. The largest absolute Gasteiger partial charge is 0.324 e. The second-order valence-corrected chi connectivity index (χ2v) is 2.70. The molecule has 1 rings (SSSR count). The lowest BCUT2D eigenvalue weighted by atomic mass is 10.1. The maximum Gasteiger partial charge on any atom is 0.150 e. The van der Waals surface area contributed by atoms with Crippen molar-refractivity contribution in [3.8, 4) is 0 Å². The number of carbonyl (C=O) groups excluding carboxylic acids is 1. The summed E-state index contributed by atoms with van der Waals surface area (Å²) in [5.41, 5.74) is 5.37. The highest BCUT2D eigenvalue weighted by Gasteiger charge is 2.04. The van der Waals surface area contributed by atoms with Crippen LogP contribution in [0.1, 0.15) is 5.56 Å². The van der Waals surface area contributed by atoms with Crippen molar-refractivity contribution in [3.63, 3.8) is 0 Å². The fraction of sp³-hybridized carbons (Fsp3) is 0.222. The van der Waals surface area contributed by atoms with Crippen LogP contribution < -0.4 is 5.73 Å². The molecule has 0 aliphatic heterocycles. The number of hydrogen-bond acceptors (Lipinski definition) is 2. The Morgan fingerprint density at radius 1 is 1.21 bits per heavy atom. The number of Topliss-reactive ketones (excluding diaryl/α,β-unsaturated/α-hetero) is 1. The molecule has 2 nitrogen and oxygen atoms in total. The zero-order chi connectivity index (χ0) is 9.84. The van der Waals surface area contributed by atoms with E-state index in [2.05, 4.69) is 0 Å². The van der Waals surface area contributed by atoms with Crippen LogP contribution in [0, 0.1) is 11.6 Å². The minimum Gasteiger partial charge on any atom is -0.324 e. The molecule has 0 bridgehead atoms. The average Bonchev–Trinajstić information content (AvgIpc) is 2.02. The summed E-state index contributed by atoms with van der Waals surface area (Å²) >= 11 is 0. The average molecular weight is 222 g/mol. The summed E-state index contributed by atoms with van der Waals surface area (Å²) in [6.45, 7) is -0.113. The van der Waals surface area contributed by atoms with E-state index in [0.717, 1.165) is 18.2 Å². The van der Waals surface area contributed by atoms with E-state index in [9.17, 15) is 13.6 Å². The third-order valence-corrected chi connectivity index (χ3v) is 1.55. The van der Waals surface area contributed by atoms with Gasteiger partial charge in [-0.1, -0.05) is 0 Å². The van der Waals surface area contributed by atoms with E-state index in [1.165, 1.54) is 0 Å². The summed E-state index contributed by atoms with van der Waals surface area (Å²) in [7, 11) is 0. The van der Waals surface area contributed by atoms with Crippen molar-refractivity contribution < 1.29 is 13.6 Å². The van der Waals surface area contributed by atoms with Gasteiger partial charge in [0.2, 0.25) is 0 Å². The van der Waals surface area contributed by atoms with Crippen molar-refractivity contribution in [3.05, 3.63) is 35.4 Å². The summed E-state index contributed by atoms with van der Waals surface area (Å²) in [6.07, 6.45) is -0.0226. The molecule has 14 heavy (non-hydrogen) atoms. The van der Waals surface area contributed by atoms with Gasteiger partial charge in [0.05, 0.1) is 6.54 Å². The molecule has 0 amide bonds. The molecule has 0 unspecified atom stereocenters. The molecule has 0 radical (unpaired) electrons. The molecule has 0 heterocycles. The molecule has 1 aromatic rings. The van der Waals surface area contributed by atoms with Gasteiger partial charge in [0, 0.05) is 12.5 Å².